The molecule has 7 nitrogen and oxygen atoms in total. The second kappa shape index (κ2) is 6.08. The van der Waals surface area contributed by atoms with Crippen LogP contribution in [-0.2, 0) is 0 Å². The largest absolute Gasteiger partial charge is 0.434 e. The van der Waals surface area contributed by atoms with Crippen molar-refractivity contribution in [1.82, 2.24) is 14.6 Å². The molecule has 3 heterocycles. The van der Waals surface area contributed by atoms with Crippen molar-refractivity contribution >= 4 is 17.7 Å². The number of hydrogen-bond donors (Lipinski definition) is 1. The number of amides is 1. The zero-order chi connectivity index (χ0) is 17.2. The van der Waals surface area contributed by atoms with Gasteiger partial charge in [0, 0.05) is 11.6 Å². The molecule has 0 spiro atoms. The summed E-state index contributed by atoms with van der Waals surface area (Å²) in [5.74, 6) is -0.239. The number of benzene rings is 1. The van der Waals surface area contributed by atoms with Gasteiger partial charge in [0.05, 0.1) is 12.0 Å². The Bertz CT molecular complexity index is 1040. The molecule has 0 atom stereocenters. The van der Waals surface area contributed by atoms with Crippen LogP contribution in [0.5, 0.6) is 5.95 Å². The average molecular weight is 338 g/mol. The van der Waals surface area contributed by atoms with E-state index < -0.39 is 6.09 Å². The van der Waals surface area contributed by atoms with Crippen molar-refractivity contribution in [2.45, 2.75) is 0 Å². The number of carbonyl (C=O) groups is 1. The van der Waals surface area contributed by atoms with Crippen LogP contribution < -0.4 is 10.1 Å². The first-order chi connectivity index (χ1) is 12.2. The van der Waals surface area contributed by atoms with Gasteiger partial charge in [0.25, 0.3) is 11.9 Å². The maximum absolute atomic E-state index is 13.5. The Morgan fingerprint density at radius 1 is 1.16 bits per heavy atom. The molecule has 0 aliphatic heterocycles. The number of carbonyl (C=O) groups excluding carboxylic acids is 1. The fraction of sp³-hybridized carbons (Fsp3) is 0. The molecule has 0 bridgehead atoms. The van der Waals surface area contributed by atoms with Crippen molar-refractivity contribution in [1.29, 1.82) is 0 Å². The number of rotatable bonds is 3. The molecule has 0 saturated heterocycles. The van der Waals surface area contributed by atoms with Gasteiger partial charge in [-0.3, -0.25) is 5.32 Å². The van der Waals surface area contributed by atoms with Crippen molar-refractivity contribution in [3.63, 3.8) is 0 Å². The summed E-state index contributed by atoms with van der Waals surface area (Å²) in [5.41, 5.74) is 1.77. The van der Waals surface area contributed by atoms with Crippen molar-refractivity contribution in [3.8, 4) is 17.2 Å². The number of halogens is 1. The lowest BCUT2D eigenvalue weighted by Gasteiger charge is -2.03. The van der Waals surface area contributed by atoms with Gasteiger partial charge in [-0.15, -0.1) is 5.10 Å². The number of ether oxygens (including phenoxy) is 1. The number of furan rings is 1. The summed E-state index contributed by atoms with van der Waals surface area (Å²) in [6.45, 7) is 0. The molecular formula is C17H11FN4O3. The van der Waals surface area contributed by atoms with Crippen molar-refractivity contribution in [3.05, 3.63) is 66.7 Å². The molecular weight excluding hydrogens is 327 g/mol. The molecule has 0 aliphatic carbocycles. The predicted octanol–water partition coefficient (Wildman–Crippen LogP) is 3.74. The van der Waals surface area contributed by atoms with Crippen LogP contribution in [0, 0.1) is 5.82 Å². The topological polar surface area (TPSA) is 81.7 Å². The van der Waals surface area contributed by atoms with Crippen molar-refractivity contribution in [2.24, 2.45) is 0 Å². The molecule has 25 heavy (non-hydrogen) atoms. The molecule has 4 rings (SSSR count). The number of pyridine rings is 1. The van der Waals surface area contributed by atoms with E-state index in [1.807, 2.05) is 0 Å². The van der Waals surface area contributed by atoms with Crippen LogP contribution in [0.2, 0.25) is 0 Å². The Morgan fingerprint density at radius 3 is 2.84 bits per heavy atom. The van der Waals surface area contributed by atoms with E-state index in [4.69, 9.17) is 9.15 Å². The van der Waals surface area contributed by atoms with Crippen LogP contribution in [0.3, 0.4) is 0 Å². The summed E-state index contributed by atoms with van der Waals surface area (Å²) in [7, 11) is 0. The fourth-order valence-corrected chi connectivity index (χ4v) is 2.35. The first kappa shape index (κ1) is 14.9. The van der Waals surface area contributed by atoms with Crippen LogP contribution in [-0.4, -0.2) is 20.7 Å². The highest BCUT2D eigenvalue weighted by atomic mass is 19.1. The fourth-order valence-electron chi connectivity index (χ4n) is 2.35. The van der Waals surface area contributed by atoms with E-state index in [2.05, 4.69) is 15.4 Å². The van der Waals surface area contributed by atoms with Gasteiger partial charge in [-0.2, -0.15) is 4.98 Å². The molecule has 8 heteroatoms. The monoisotopic (exact) mass is 338 g/mol. The summed E-state index contributed by atoms with van der Waals surface area (Å²) in [6.07, 6.45) is 0.606. The molecule has 4 aromatic rings. The molecule has 1 N–H and O–H groups in total. The van der Waals surface area contributed by atoms with E-state index in [1.54, 1.807) is 36.4 Å². The maximum Gasteiger partial charge on any atom is 0.421 e. The normalized spacial score (nSPS) is 10.8. The Morgan fingerprint density at radius 2 is 2.04 bits per heavy atom. The summed E-state index contributed by atoms with van der Waals surface area (Å²) < 4.78 is 24.8. The van der Waals surface area contributed by atoms with Gasteiger partial charge in [0.15, 0.2) is 5.65 Å². The lowest BCUT2D eigenvalue weighted by Crippen LogP contribution is -2.17. The highest BCUT2D eigenvalue weighted by Crippen LogP contribution is 2.21. The summed E-state index contributed by atoms with van der Waals surface area (Å²) in [5, 5.41) is 6.65. The van der Waals surface area contributed by atoms with Gasteiger partial charge in [0.2, 0.25) is 0 Å². The number of nitrogens with zero attached hydrogens (tertiary/aromatic N) is 3. The second-order valence-corrected chi connectivity index (χ2v) is 5.07. The third kappa shape index (κ3) is 3.05. The zero-order valence-corrected chi connectivity index (χ0v) is 12.7. The molecule has 0 unspecified atom stereocenters. The van der Waals surface area contributed by atoms with E-state index in [9.17, 15) is 9.18 Å². The van der Waals surface area contributed by atoms with E-state index in [1.165, 1.54) is 29.0 Å². The standard InChI is InChI=1S/C17H11FN4O3/c18-12-5-1-4-11(10-12)13-6-2-7-14-19-16(21-22(13)14)20-17(23)25-15-8-3-9-24-15/h1-10H,(H,20,21,23). The third-order valence-electron chi connectivity index (χ3n) is 3.38. The van der Waals surface area contributed by atoms with Crippen molar-refractivity contribution in [2.75, 3.05) is 5.32 Å². The molecule has 0 saturated carbocycles. The van der Waals surface area contributed by atoms with Gasteiger partial charge >= 0.3 is 6.09 Å². The van der Waals surface area contributed by atoms with Gasteiger partial charge in [-0.25, -0.2) is 13.7 Å². The average Bonchev–Trinajstić information content (AvgIpc) is 3.23. The van der Waals surface area contributed by atoms with Crippen LogP contribution in [0.4, 0.5) is 15.1 Å². The van der Waals surface area contributed by atoms with Crippen LogP contribution in [0.15, 0.2) is 65.3 Å². The van der Waals surface area contributed by atoms with Gasteiger partial charge in [-0.05, 0) is 30.3 Å². The SMILES string of the molecule is O=C(Nc1nc2cccc(-c3cccc(F)c3)n2n1)Oc1ccco1. The van der Waals surface area contributed by atoms with E-state index in [0.29, 0.717) is 16.9 Å². The Labute approximate surface area is 140 Å². The minimum absolute atomic E-state index is 0.0559. The minimum atomic E-state index is -0.779. The summed E-state index contributed by atoms with van der Waals surface area (Å²) >= 11 is 0. The van der Waals surface area contributed by atoms with Gasteiger partial charge in [0.1, 0.15) is 5.82 Å². The Kier molecular flexibility index (Phi) is 3.62. The predicted molar refractivity (Wildman–Crippen MR) is 86.7 cm³/mol. The summed E-state index contributed by atoms with van der Waals surface area (Å²) in [6, 6.07) is 14.5. The molecule has 3 aromatic heterocycles. The lowest BCUT2D eigenvalue weighted by atomic mass is 10.1. The van der Waals surface area contributed by atoms with Crippen LogP contribution >= 0.6 is 0 Å². The Balaban J connectivity index is 1.64. The van der Waals surface area contributed by atoms with E-state index >= 15 is 0 Å². The number of fused-ring (bicyclic) bond motifs is 1. The maximum atomic E-state index is 13.5. The first-order valence-electron chi connectivity index (χ1n) is 7.33. The molecule has 124 valence electrons. The molecule has 0 fully saturated rings. The smallest absolute Gasteiger partial charge is 0.421 e. The third-order valence-corrected chi connectivity index (χ3v) is 3.38. The second-order valence-electron chi connectivity index (χ2n) is 5.07. The van der Waals surface area contributed by atoms with Gasteiger partial charge < -0.3 is 9.15 Å². The van der Waals surface area contributed by atoms with E-state index in [-0.39, 0.29) is 17.7 Å². The van der Waals surface area contributed by atoms with Crippen LogP contribution in [0.1, 0.15) is 0 Å². The Hall–Kier alpha value is -3.68. The highest BCUT2D eigenvalue weighted by Gasteiger charge is 2.13. The molecule has 1 amide bonds. The molecule has 0 aliphatic rings. The van der Waals surface area contributed by atoms with Crippen LogP contribution in [0.25, 0.3) is 16.9 Å². The number of anilines is 1. The zero-order valence-electron chi connectivity index (χ0n) is 12.7. The summed E-state index contributed by atoms with van der Waals surface area (Å²) in [4.78, 5) is 16.0. The van der Waals surface area contributed by atoms with Crippen molar-refractivity contribution < 1.29 is 18.3 Å². The first-order valence-corrected chi connectivity index (χ1v) is 7.33. The highest BCUT2D eigenvalue weighted by molar-refractivity contribution is 5.84. The lowest BCUT2D eigenvalue weighted by molar-refractivity contribution is 0.202. The van der Waals surface area contributed by atoms with Gasteiger partial charge in [-0.1, -0.05) is 18.2 Å². The number of aromatic nitrogens is 3. The number of hydrogen-bond acceptors (Lipinski definition) is 5. The number of nitrogens with one attached hydrogen (secondary N) is 1. The molecule has 0 radical (unpaired) electrons. The quantitative estimate of drug-likeness (QED) is 0.615. The van der Waals surface area contributed by atoms with E-state index in [0.717, 1.165) is 0 Å². The molecule has 1 aromatic carbocycles. The minimum Gasteiger partial charge on any atom is -0.434 e.